The molecule has 2 rings (SSSR count). The Balaban J connectivity index is 2.30. The highest BCUT2D eigenvalue weighted by Gasteiger charge is 2.02. The lowest BCUT2D eigenvalue weighted by Crippen LogP contribution is -1.98. The number of nitrogens with zero attached hydrogens (tertiary/aromatic N) is 1. The minimum atomic E-state index is -0.370. The second-order valence-electron chi connectivity index (χ2n) is 3.49. The fourth-order valence-electron chi connectivity index (χ4n) is 1.38. The van der Waals surface area contributed by atoms with Crippen molar-refractivity contribution in [2.24, 2.45) is 0 Å². The van der Waals surface area contributed by atoms with Crippen molar-refractivity contribution in [3.63, 3.8) is 0 Å². The Morgan fingerprint density at radius 2 is 1.82 bits per heavy atom. The molecule has 0 fully saturated rings. The number of halogens is 2. The van der Waals surface area contributed by atoms with Crippen molar-refractivity contribution in [3.05, 3.63) is 70.1 Å². The maximum absolute atomic E-state index is 12.7. The first-order chi connectivity index (χ1) is 8.15. The minimum absolute atomic E-state index is 0.367. The summed E-state index contributed by atoms with van der Waals surface area (Å²) in [7, 11) is 0. The molecule has 0 unspecified atom stereocenters. The van der Waals surface area contributed by atoms with E-state index in [1.807, 2.05) is 0 Å². The van der Waals surface area contributed by atoms with Crippen LogP contribution in [0.1, 0.15) is 5.56 Å². The van der Waals surface area contributed by atoms with Gasteiger partial charge in [0.25, 0.3) is 0 Å². The summed E-state index contributed by atoms with van der Waals surface area (Å²) in [5, 5.41) is 12.3. The minimum Gasteiger partial charge on any atom is -0.618 e. The van der Waals surface area contributed by atoms with Crippen LogP contribution >= 0.6 is 11.6 Å². The van der Waals surface area contributed by atoms with Crippen molar-refractivity contribution in [3.8, 4) is 0 Å². The Kier molecular flexibility index (Phi) is 3.40. The maximum Gasteiger partial charge on any atom is 0.216 e. The quantitative estimate of drug-likeness (QED) is 0.345. The molecule has 0 bridgehead atoms. The Labute approximate surface area is 103 Å². The molecule has 0 radical (unpaired) electrons. The lowest BCUT2D eigenvalue weighted by molar-refractivity contribution is -0.354. The van der Waals surface area contributed by atoms with Crippen LogP contribution in [0.25, 0.3) is 0 Å². The largest absolute Gasteiger partial charge is 0.618 e. The van der Waals surface area contributed by atoms with Gasteiger partial charge < -0.3 is 5.21 Å². The highest BCUT2D eigenvalue weighted by molar-refractivity contribution is 6.30. The average molecular weight is 250 g/mol. The van der Waals surface area contributed by atoms with Crippen molar-refractivity contribution >= 4 is 23.5 Å². The summed E-state index contributed by atoms with van der Waals surface area (Å²) in [6, 6.07) is 12.2. The van der Waals surface area contributed by atoms with Gasteiger partial charge >= 0.3 is 0 Å². The summed E-state index contributed by atoms with van der Waals surface area (Å²) in [6.07, 6.45) is 1.39. The highest BCUT2D eigenvalue weighted by atomic mass is 35.5. The van der Waals surface area contributed by atoms with Crippen molar-refractivity contribution in [1.29, 1.82) is 0 Å². The van der Waals surface area contributed by atoms with Crippen LogP contribution in [-0.4, -0.2) is 11.0 Å². The molecule has 0 N–H and O–H groups in total. The topological polar surface area (TPSA) is 26.1 Å². The van der Waals surface area contributed by atoms with Crippen LogP contribution in [0.15, 0.2) is 48.5 Å². The lowest BCUT2D eigenvalue weighted by atomic mass is 10.2. The number of hydrogen-bond donors (Lipinski definition) is 0. The van der Waals surface area contributed by atoms with E-state index in [1.165, 1.54) is 30.5 Å². The normalized spacial score (nSPS) is 11.5. The summed E-state index contributed by atoms with van der Waals surface area (Å²) in [6.45, 7) is 0. The van der Waals surface area contributed by atoms with Gasteiger partial charge in [-0.15, -0.1) is 0 Å². The molecule has 0 aliphatic heterocycles. The van der Waals surface area contributed by atoms with E-state index in [1.54, 1.807) is 24.3 Å². The van der Waals surface area contributed by atoms with Crippen LogP contribution < -0.4 is 0 Å². The van der Waals surface area contributed by atoms with Crippen molar-refractivity contribution < 1.29 is 9.13 Å². The predicted molar refractivity (Wildman–Crippen MR) is 66.3 cm³/mol. The molecule has 0 saturated carbocycles. The van der Waals surface area contributed by atoms with E-state index in [0.717, 1.165) is 0 Å². The van der Waals surface area contributed by atoms with Gasteiger partial charge in [0.05, 0.1) is 0 Å². The fraction of sp³-hybridized carbons (Fsp3) is 0. The molecule has 0 heterocycles. The van der Waals surface area contributed by atoms with E-state index in [2.05, 4.69) is 0 Å². The molecule has 0 aromatic heterocycles. The molecule has 0 saturated heterocycles. The standard InChI is InChI=1S/C13H9ClFNO/c14-11-3-1-2-10(8-11)9-16(17)13-6-4-12(15)5-7-13/h1-9H. The summed E-state index contributed by atoms with van der Waals surface area (Å²) >= 11 is 5.80. The third-order valence-electron chi connectivity index (χ3n) is 2.20. The SMILES string of the molecule is [O-][N+](=Cc1cccc(Cl)c1)c1ccc(F)cc1. The Morgan fingerprint density at radius 3 is 2.47 bits per heavy atom. The van der Waals surface area contributed by atoms with Crippen LogP contribution in [0.2, 0.25) is 5.02 Å². The molecule has 86 valence electrons. The van der Waals surface area contributed by atoms with E-state index < -0.39 is 0 Å². The van der Waals surface area contributed by atoms with Crippen LogP contribution in [-0.2, 0) is 0 Å². The highest BCUT2D eigenvalue weighted by Crippen LogP contribution is 2.13. The van der Waals surface area contributed by atoms with Crippen molar-refractivity contribution in [2.75, 3.05) is 0 Å². The maximum atomic E-state index is 12.7. The lowest BCUT2D eigenvalue weighted by Gasteiger charge is -2.02. The predicted octanol–water partition coefficient (Wildman–Crippen LogP) is 3.74. The van der Waals surface area contributed by atoms with Crippen molar-refractivity contribution in [2.45, 2.75) is 0 Å². The summed E-state index contributed by atoms with van der Waals surface area (Å²) in [5.74, 6) is -0.370. The van der Waals surface area contributed by atoms with Crippen molar-refractivity contribution in [1.82, 2.24) is 0 Å². The molecular weight excluding hydrogens is 241 g/mol. The van der Waals surface area contributed by atoms with Crippen LogP contribution in [0, 0.1) is 11.0 Å². The van der Waals surface area contributed by atoms with Gasteiger partial charge in [0.1, 0.15) is 5.82 Å². The Morgan fingerprint density at radius 1 is 1.12 bits per heavy atom. The van der Waals surface area contributed by atoms with E-state index in [4.69, 9.17) is 11.6 Å². The first-order valence-corrected chi connectivity index (χ1v) is 5.35. The second-order valence-corrected chi connectivity index (χ2v) is 3.92. The smallest absolute Gasteiger partial charge is 0.216 e. The average Bonchev–Trinajstić information content (AvgIpc) is 2.29. The van der Waals surface area contributed by atoms with E-state index in [-0.39, 0.29) is 5.82 Å². The molecule has 0 aliphatic carbocycles. The van der Waals surface area contributed by atoms with Crippen LogP contribution in [0.3, 0.4) is 0 Å². The molecule has 4 heteroatoms. The number of hydrogen-bond acceptors (Lipinski definition) is 1. The van der Waals surface area contributed by atoms with E-state index >= 15 is 0 Å². The first-order valence-electron chi connectivity index (χ1n) is 4.97. The zero-order chi connectivity index (χ0) is 12.3. The van der Waals surface area contributed by atoms with Gasteiger partial charge in [0.2, 0.25) is 5.69 Å². The van der Waals surface area contributed by atoms with E-state index in [0.29, 0.717) is 21.0 Å². The first kappa shape index (κ1) is 11.6. The van der Waals surface area contributed by atoms with Crippen LogP contribution in [0.4, 0.5) is 10.1 Å². The van der Waals surface area contributed by atoms with Gasteiger partial charge in [-0.2, -0.15) is 4.74 Å². The van der Waals surface area contributed by atoms with Crippen LogP contribution in [0.5, 0.6) is 0 Å². The summed E-state index contributed by atoms with van der Waals surface area (Å²) in [5.41, 5.74) is 1.06. The fourth-order valence-corrected chi connectivity index (χ4v) is 1.58. The van der Waals surface area contributed by atoms with E-state index in [9.17, 15) is 9.60 Å². The molecule has 2 nitrogen and oxygen atoms in total. The number of benzene rings is 2. The molecule has 0 aliphatic rings. The van der Waals surface area contributed by atoms with Gasteiger partial charge in [0.15, 0.2) is 6.21 Å². The number of rotatable bonds is 2. The van der Waals surface area contributed by atoms with Gasteiger partial charge in [0, 0.05) is 22.7 Å². The Hall–Kier alpha value is -1.87. The monoisotopic (exact) mass is 249 g/mol. The molecule has 17 heavy (non-hydrogen) atoms. The summed E-state index contributed by atoms with van der Waals surface area (Å²) < 4.78 is 13.4. The van der Waals surface area contributed by atoms with Gasteiger partial charge in [-0.05, 0) is 30.3 Å². The van der Waals surface area contributed by atoms with Gasteiger partial charge in [-0.25, -0.2) is 4.39 Å². The third-order valence-corrected chi connectivity index (χ3v) is 2.43. The van der Waals surface area contributed by atoms with Gasteiger partial charge in [-0.3, -0.25) is 0 Å². The molecule has 0 amide bonds. The third kappa shape index (κ3) is 3.04. The Bertz CT molecular complexity index is 552. The molecular formula is C13H9ClFNO. The molecule has 2 aromatic rings. The second kappa shape index (κ2) is 4.97. The molecule has 2 aromatic carbocycles. The summed E-state index contributed by atoms with van der Waals surface area (Å²) in [4.78, 5) is 0. The zero-order valence-corrected chi connectivity index (χ0v) is 9.56. The zero-order valence-electron chi connectivity index (χ0n) is 8.81. The molecule has 0 spiro atoms. The van der Waals surface area contributed by atoms with Gasteiger partial charge in [-0.1, -0.05) is 17.7 Å². The molecule has 0 atom stereocenters.